The number of likely N-dealkylation sites (N-methyl/N-ethyl adjacent to an activating group) is 1. The Hall–Kier alpha value is -2.78. The van der Waals surface area contributed by atoms with Gasteiger partial charge >= 0.3 is 0 Å². The molecule has 1 aliphatic rings. The van der Waals surface area contributed by atoms with Crippen LogP contribution in [0.2, 0.25) is 0 Å². The molecule has 0 spiro atoms. The second kappa shape index (κ2) is 8.49. The fourth-order valence-electron chi connectivity index (χ4n) is 3.39. The van der Waals surface area contributed by atoms with Crippen LogP contribution < -0.4 is 9.80 Å². The standard InChI is InChI=1S/C25H31N3/c1-26(2)22-13-7-19(8-14-22)25(20-9-15-23(16-10-20)27(3)4)21-11-17-24(18-12-21)28(5)6/h7-18,22H,1-6H3. The van der Waals surface area contributed by atoms with Gasteiger partial charge in [0.15, 0.2) is 0 Å². The predicted molar refractivity (Wildman–Crippen MR) is 123 cm³/mol. The van der Waals surface area contributed by atoms with Gasteiger partial charge in [-0.2, -0.15) is 0 Å². The molecule has 0 N–H and O–H groups in total. The lowest BCUT2D eigenvalue weighted by molar-refractivity contribution is 0.390. The molecule has 3 rings (SSSR count). The third kappa shape index (κ3) is 4.37. The van der Waals surface area contributed by atoms with Crippen molar-refractivity contribution in [1.29, 1.82) is 0 Å². The first kappa shape index (κ1) is 20.0. The van der Waals surface area contributed by atoms with E-state index >= 15 is 0 Å². The Morgan fingerprint density at radius 2 is 1.00 bits per heavy atom. The minimum Gasteiger partial charge on any atom is -0.378 e. The second-order valence-corrected chi connectivity index (χ2v) is 7.89. The first-order valence-electron chi connectivity index (χ1n) is 9.69. The van der Waals surface area contributed by atoms with Gasteiger partial charge in [-0.1, -0.05) is 48.6 Å². The lowest BCUT2D eigenvalue weighted by atomic mass is 9.90. The summed E-state index contributed by atoms with van der Waals surface area (Å²) in [4.78, 5) is 6.47. The van der Waals surface area contributed by atoms with E-state index < -0.39 is 0 Å². The maximum absolute atomic E-state index is 2.26. The van der Waals surface area contributed by atoms with Crippen molar-refractivity contribution in [3.8, 4) is 0 Å². The fourth-order valence-corrected chi connectivity index (χ4v) is 3.39. The van der Waals surface area contributed by atoms with Crippen LogP contribution >= 0.6 is 0 Å². The van der Waals surface area contributed by atoms with Gasteiger partial charge in [0, 0.05) is 45.6 Å². The molecule has 3 nitrogen and oxygen atoms in total. The van der Waals surface area contributed by atoms with Crippen LogP contribution in [-0.4, -0.2) is 53.2 Å². The molecule has 0 fully saturated rings. The summed E-state index contributed by atoms with van der Waals surface area (Å²) in [7, 11) is 12.5. The van der Waals surface area contributed by atoms with Crippen molar-refractivity contribution in [3.05, 3.63) is 89.5 Å². The molecule has 3 heteroatoms. The highest BCUT2D eigenvalue weighted by Gasteiger charge is 2.14. The van der Waals surface area contributed by atoms with Crippen LogP contribution in [0.3, 0.4) is 0 Å². The van der Waals surface area contributed by atoms with Gasteiger partial charge in [-0.05, 0) is 60.6 Å². The molecule has 2 aromatic rings. The summed E-state index contributed by atoms with van der Waals surface area (Å²) in [5, 5.41) is 0. The van der Waals surface area contributed by atoms with E-state index in [4.69, 9.17) is 0 Å². The summed E-state index contributed by atoms with van der Waals surface area (Å²) in [6.07, 6.45) is 9.02. The molecule has 146 valence electrons. The van der Waals surface area contributed by atoms with Gasteiger partial charge in [0.05, 0.1) is 0 Å². The van der Waals surface area contributed by atoms with E-state index in [1.165, 1.54) is 33.6 Å². The van der Waals surface area contributed by atoms with Gasteiger partial charge < -0.3 is 9.80 Å². The molecule has 28 heavy (non-hydrogen) atoms. The Morgan fingerprint density at radius 3 is 1.32 bits per heavy atom. The van der Waals surface area contributed by atoms with Gasteiger partial charge in [-0.25, -0.2) is 0 Å². The Kier molecular flexibility index (Phi) is 6.05. The largest absolute Gasteiger partial charge is 0.378 e. The van der Waals surface area contributed by atoms with E-state index in [0.29, 0.717) is 6.04 Å². The monoisotopic (exact) mass is 373 g/mol. The molecule has 0 heterocycles. The van der Waals surface area contributed by atoms with E-state index in [2.05, 4.69) is 130 Å². The van der Waals surface area contributed by atoms with Crippen LogP contribution in [0.5, 0.6) is 0 Å². The zero-order chi connectivity index (χ0) is 20.3. The Morgan fingerprint density at radius 1 is 0.607 bits per heavy atom. The minimum atomic E-state index is 0.345. The minimum absolute atomic E-state index is 0.345. The molecule has 0 aromatic heterocycles. The van der Waals surface area contributed by atoms with E-state index in [1.807, 2.05) is 0 Å². The number of anilines is 2. The molecule has 0 saturated heterocycles. The molecular formula is C25H31N3. The van der Waals surface area contributed by atoms with E-state index in [1.54, 1.807) is 0 Å². The number of benzene rings is 2. The third-order valence-electron chi connectivity index (χ3n) is 5.18. The second-order valence-electron chi connectivity index (χ2n) is 7.89. The normalized spacial score (nSPS) is 15.8. The molecule has 0 aliphatic heterocycles. The van der Waals surface area contributed by atoms with Crippen LogP contribution in [-0.2, 0) is 0 Å². The molecule has 1 aliphatic carbocycles. The van der Waals surface area contributed by atoms with E-state index in [9.17, 15) is 0 Å². The average Bonchev–Trinajstić information content (AvgIpc) is 2.69. The molecule has 0 bridgehead atoms. The number of rotatable bonds is 5. The summed E-state index contributed by atoms with van der Waals surface area (Å²) in [6, 6.07) is 18.0. The summed E-state index contributed by atoms with van der Waals surface area (Å²) < 4.78 is 0. The maximum Gasteiger partial charge on any atom is 0.0462 e. The quantitative estimate of drug-likeness (QED) is 0.754. The zero-order valence-corrected chi connectivity index (χ0v) is 17.8. The van der Waals surface area contributed by atoms with Crippen LogP contribution in [0.15, 0.2) is 78.4 Å². The van der Waals surface area contributed by atoms with Crippen molar-refractivity contribution in [3.63, 3.8) is 0 Å². The fraction of sp³-hybridized carbons (Fsp3) is 0.280. The predicted octanol–water partition coefficient (Wildman–Crippen LogP) is 4.68. The summed E-state index contributed by atoms with van der Waals surface area (Å²) in [5.74, 6) is 0. The first-order chi connectivity index (χ1) is 13.4. The Labute approximate surface area is 169 Å². The van der Waals surface area contributed by atoms with Gasteiger partial charge in [0.2, 0.25) is 0 Å². The topological polar surface area (TPSA) is 9.72 Å². The van der Waals surface area contributed by atoms with Crippen molar-refractivity contribution in [2.24, 2.45) is 0 Å². The highest BCUT2D eigenvalue weighted by atomic mass is 15.1. The van der Waals surface area contributed by atoms with Crippen LogP contribution in [0.1, 0.15) is 11.1 Å². The summed E-state index contributed by atoms with van der Waals surface area (Å²) >= 11 is 0. The zero-order valence-electron chi connectivity index (χ0n) is 17.8. The molecule has 0 unspecified atom stereocenters. The summed E-state index contributed by atoms with van der Waals surface area (Å²) in [6.45, 7) is 0. The number of hydrogen-bond acceptors (Lipinski definition) is 3. The van der Waals surface area contributed by atoms with Crippen molar-refractivity contribution in [2.45, 2.75) is 6.04 Å². The highest BCUT2D eigenvalue weighted by molar-refractivity contribution is 5.86. The van der Waals surface area contributed by atoms with Gasteiger partial charge in [0.1, 0.15) is 0 Å². The van der Waals surface area contributed by atoms with Crippen molar-refractivity contribution < 1.29 is 0 Å². The molecule has 0 amide bonds. The number of nitrogens with zero attached hydrogens (tertiary/aromatic N) is 3. The van der Waals surface area contributed by atoms with Crippen molar-refractivity contribution in [1.82, 2.24) is 4.90 Å². The lowest BCUT2D eigenvalue weighted by Crippen LogP contribution is -2.24. The van der Waals surface area contributed by atoms with E-state index in [0.717, 1.165) is 0 Å². The molecule has 2 aromatic carbocycles. The van der Waals surface area contributed by atoms with Crippen molar-refractivity contribution in [2.75, 3.05) is 52.1 Å². The van der Waals surface area contributed by atoms with Crippen molar-refractivity contribution >= 4 is 16.9 Å². The van der Waals surface area contributed by atoms with E-state index in [-0.39, 0.29) is 0 Å². The van der Waals surface area contributed by atoms with Gasteiger partial charge in [-0.15, -0.1) is 0 Å². The number of allylic oxidation sites excluding steroid dienone is 3. The maximum atomic E-state index is 2.26. The van der Waals surface area contributed by atoms with Gasteiger partial charge in [-0.3, -0.25) is 4.90 Å². The van der Waals surface area contributed by atoms with Gasteiger partial charge in [0.25, 0.3) is 0 Å². The molecule has 0 saturated carbocycles. The Bertz CT molecular complexity index is 813. The molecular weight excluding hydrogens is 342 g/mol. The third-order valence-corrected chi connectivity index (χ3v) is 5.18. The van der Waals surface area contributed by atoms with Crippen LogP contribution in [0.4, 0.5) is 11.4 Å². The molecule has 0 radical (unpaired) electrons. The smallest absolute Gasteiger partial charge is 0.0462 e. The highest BCUT2D eigenvalue weighted by Crippen LogP contribution is 2.32. The van der Waals surface area contributed by atoms with Crippen LogP contribution in [0, 0.1) is 0 Å². The average molecular weight is 374 g/mol. The first-order valence-corrected chi connectivity index (χ1v) is 9.69. The molecule has 0 atom stereocenters. The van der Waals surface area contributed by atoms with Crippen LogP contribution in [0.25, 0.3) is 5.57 Å². The Balaban J connectivity index is 2.08. The SMILES string of the molecule is CN(C)c1ccc(C(=C2C=CC(N(C)C)C=C2)c2ccc(N(C)C)cc2)cc1. The number of hydrogen-bond donors (Lipinski definition) is 0. The summed E-state index contributed by atoms with van der Waals surface area (Å²) in [5.41, 5.74) is 7.39. The lowest BCUT2D eigenvalue weighted by Gasteiger charge is -2.22.